The van der Waals surface area contributed by atoms with E-state index in [-0.39, 0.29) is 12.0 Å². The number of rotatable bonds is 1. The summed E-state index contributed by atoms with van der Waals surface area (Å²) in [4.78, 5) is 12.0. The first kappa shape index (κ1) is 13.4. The van der Waals surface area contributed by atoms with Crippen LogP contribution in [0.3, 0.4) is 0 Å². The van der Waals surface area contributed by atoms with Gasteiger partial charge in [0.25, 0.3) is 0 Å². The summed E-state index contributed by atoms with van der Waals surface area (Å²) in [6, 6.07) is 5.51. The molecule has 1 aromatic rings. The van der Waals surface area contributed by atoms with Gasteiger partial charge in [-0.25, -0.2) is 0 Å². The second-order valence-electron chi connectivity index (χ2n) is 5.58. The number of carbonyl (C=O) groups is 1. The fourth-order valence-corrected chi connectivity index (χ4v) is 2.22. The number of hydrogen-bond donors (Lipinski definition) is 1. The largest absolute Gasteiger partial charge is 0.459 e. The summed E-state index contributed by atoms with van der Waals surface area (Å²) in [5, 5.41) is 3.92. The highest BCUT2D eigenvalue weighted by atomic mass is 35.5. The monoisotopic (exact) mass is 267 g/mol. The van der Waals surface area contributed by atoms with Crippen molar-refractivity contribution in [2.75, 3.05) is 0 Å². The minimum absolute atomic E-state index is 0.192. The summed E-state index contributed by atoms with van der Waals surface area (Å²) >= 11 is 5.94. The molecule has 1 N–H and O–H groups in total. The van der Waals surface area contributed by atoms with Crippen LogP contribution in [0.15, 0.2) is 18.2 Å². The van der Waals surface area contributed by atoms with E-state index in [9.17, 15) is 4.79 Å². The second-order valence-corrected chi connectivity index (χ2v) is 6.02. The average Bonchev–Trinajstić information content (AvgIpc) is 2.26. The van der Waals surface area contributed by atoms with Gasteiger partial charge in [-0.15, -0.1) is 0 Å². The fraction of sp³-hybridized carbons (Fsp3) is 0.500. The zero-order valence-corrected chi connectivity index (χ0v) is 11.7. The van der Waals surface area contributed by atoms with E-state index >= 15 is 0 Å². The van der Waals surface area contributed by atoms with Gasteiger partial charge in [-0.2, -0.15) is 0 Å². The average molecular weight is 268 g/mol. The number of ether oxygens (including phenoxy) is 1. The normalized spacial score (nSPS) is 19.2. The Morgan fingerprint density at radius 3 is 2.78 bits per heavy atom. The smallest absolute Gasteiger partial charge is 0.324 e. The van der Waals surface area contributed by atoms with Crippen LogP contribution in [0.2, 0.25) is 5.02 Å². The van der Waals surface area contributed by atoms with Crippen molar-refractivity contribution in [1.82, 2.24) is 5.32 Å². The molecule has 0 aliphatic carbocycles. The first-order valence-corrected chi connectivity index (χ1v) is 6.46. The van der Waals surface area contributed by atoms with Gasteiger partial charge in [0.2, 0.25) is 0 Å². The van der Waals surface area contributed by atoms with Crippen LogP contribution >= 0.6 is 11.6 Å². The molecule has 0 saturated carbocycles. The number of carbonyl (C=O) groups excluding carboxylic acids is 1. The lowest BCUT2D eigenvalue weighted by molar-refractivity contribution is -0.157. The van der Waals surface area contributed by atoms with Crippen LogP contribution in [0, 0.1) is 0 Å². The van der Waals surface area contributed by atoms with Crippen LogP contribution in [0.5, 0.6) is 0 Å². The van der Waals surface area contributed by atoms with Crippen LogP contribution in [0.4, 0.5) is 0 Å². The molecule has 0 amide bonds. The fourth-order valence-electron chi connectivity index (χ4n) is 2.02. The van der Waals surface area contributed by atoms with Crippen molar-refractivity contribution in [3.63, 3.8) is 0 Å². The summed E-state index contributed by atoms with van der Waals surface area (Å²) in [6.45, 7) is 6.28. The molecule has 0 bridgehead atoms. The van der Waals surface area contributed by atoms with E-state index in [2.05, 4.69) is 5.32 Å². The Labute approximate surface area is 112 Å². The first-order valence-electron chi connectivity index (χ1n) is 6.09. The zero-order valence-electron chi connectivity index (χ0n) is 10.9. The van der Waals surface area contributed by atoms with E-state index < -0.39 is 5.60 Å². The van der Waals surface area contributed by atoms with Crippen LogP contribution in [-0.4, -0.2) is 17.6 Å². The van der Waals surface area contributed by atoms with Gasteiger partial charge < -0.3 is 10.1 Å². The summed E-state index contributed by atoms with van der Waals surface area (Å²) < 4.78 is 5.39. The Kier molecular flexibility index (Phi) is 3.64. The standard InChI is InChI=1S/C14H18ClNO2/c1-14(2,3)18-13(17)12-7-9-4-5-11(15)6-10(9)8-16-12/h4-6,12,16H,7-8H2,1-3H3/t12-/m1/s1. The van der Waals surface area contributed by atoms with Crippen LogP contribution in [0.1, 0.15) is 31.9 Å². The molecule has 0 spiro atoms. The highest BCUT2D eigenvalue weighted by Gasteiger charge is 2.28. The maximum absolute atomic E-state index is 12.0. The van der Waals surface area contributed by atoms with Crippen molar-refractivity contribution in [3.05, 3.63) is 34.3 Å². The minimum Gasteiger partial charge on any atom is -0.459 e. The zero-order chi connectivity index (χ0) is 13.3. The van der Waals surface area contributed by atoms with E-state index in [1.807, 2.05) is 39.0 Å². The summed E-state index contributed by atoms with van der Waals surface area (Å²) in [5.41, 5.74) is 1.87. The molecule has 0 aromatic heterocycles. The maximum Gasteiger partial charge on any atom is 0.324 e. The predicted octanol–water partition coefficient (Wildman–Crippen LogP) is 2.70. The third-order valence-electron chi connectivity index (χ3n) is 2.82. The van der Waals surface area contributed by atoms with Crippen LogP contribution < -0.4 is 5.32 Å². The molecule has 98 valence electrons. The van der Waals surface area contributed by atoms with E-state index in [4.69, 9.17) is 16.3 Å². The molecular formula is C14H18ClNO2. The molecule has 1 heterocycles. The van der Waals surface area contributed by atoms with E-state index in [1.54, 1.807) is 0 Å². The lowest BCUT2D eigenvalue weighted by Crippen LogP contribution is -2.45. The first-order chi connectivity index (χ1) is 8.35. The van der Waals surface area contributed by atoms with Crippen molar-refractivity contribution < 1.29 is 9.53 Å². The molecule has 1 aliphatic heterocycles. The molecule has 0 radical (unpaired) electrons. The van der Waals surface area contributed by atoms with Crippen molar-refractivity contribution in [1.29, 1.82) is 0 Å². The molecule has 3 nitrogen and oxygen atoms in total. The van der Waals surface area contributed by atoms with E-state index in [0.717, 1.165) is 16.1 Å². The SMILES string of the molecule is CC(C)(C)OC(=O)[C@H]1Cc2ccc(Cl)cc2CN1. The van der Waals surface area contributed by atoms with Crippen LogP contribution in [0.25, 0.3) is 0 Å². The molecule has 1 aliphatic rings. The summed E-state index contributed by atoms with van der Waals surface area (Å²) in [6.07, 6.45) is 0.654. The molecule has 4 heteroatoms. The van der Waals surface area contributed by atoms with Gasteiger partial charge in [0.15, 0.2) is 0 Å². The van der Waals surface area contributed by atoms with Crippen molar-refractivity contribution in [2.45, 2.75) is 45.4 Å². The van der Waals surface area contributed by atoms with Crippen LogP contribution in [-0.2, 0) is 22.5 Å². The van der Waals surface area contributed by atoms with Gasteiger partial charge >= 0.3 is 5.97 Å². The topological polar surface area (TPSA) is 38.3 Å². The van der Waals surface area contributed by atoms with Gasteiger partial charge in [0, 0.05) is 11.6 Å². The molecule has 18 heavy (non-hydrogen) atoms. The van der Waals surface area contributed by atoms with E-state index in [1.165, 1.54) is 0 Å². The predicted molar refractivity (Wildman–Crippen MR) is 71.6 cm³/mol. The third-order valence-corrected chi connectivity index (χ3v) is 3.06. The van der Waals surface area contributed by atoms with Gasteiger partial charge in [-0.3, -0.25) is 4.79 Å². The number of nitrogens with one attached hydrogen (secondary N) is 1. The number of esters is 1. The molecule has 1 aromatic carbocycles. The van der Waals surface area contributed by atoms with Gasteiger partial charge in [0.1, 0.15) is 11.6 Å². The van der Waals surface area contributed by atoms with Gasteiger partial charge in [-0.1, -0.05) is 17.7 Å². The lowest BCUT2D eigenvalue weighted by atomic mass is 9.96. The Hall–Kier alpha value is -1.06. The highest BCUT2D eigenvalue weighted by molar-refractivity contribution is 6.30. The van der Waals surface area contributed by atoms with Gasteiger partial charge in [0.05, 0.1) is 0 Å². The Morgan fingerprint density at radius 2 is 2.11 bits per heavy atom. The molecular weight excluding hydrogens is 250 g/mol. The quantitative estimate of drug-likeness (QED) is 0.795. The van der Waals surface area contributed by atoms with Crippen molar-refractivity contribution >= 4 is 17.6 Å². The molecule has 0 fully saturated rings. The molecule has 0 saturated heterocycles. The Balaban J connectivity index is 2.08. The number of fused-ring (bicyclic) bond motifs is 1. The second kappa shape index (κ2) is 4.90. The molecule has 0 unspecified atom stereocenters. The third kappa shape index (κ3) is 3.24. The molecule has 1 atom stereocenters. The number of benzene rings is 1. The van der Waals surface area contributed by atoms with Crippen molar-refractivity contribution in [3.8, 4) is 0 Å². The summed E-state index contributed by atoms with van der Waals surface area (Å²) in [5.74, 6) is -0.192. The number of halogens is 1. The maximum atomic E-state index is 12.0. The number of hydrogen-bond acceptors (Lipinski definition) is 3. The Morgan fingerprint density at radius 1 is 1.39 bits per heavy atom. The van der Waals surface area contributed by atoms with Gasteiger partial charge in [-0.05, 0) is 50.5 Å². The lowest BCUT2D eigenvalue weighted by Gasteiger charge is -2.28. The van der Waals surface area contributed by atoms with Crippen molar-refractivity contribution in [2.24, 2.45) is 0 Å². The molecule has 2 rings (SSSR count). The van der Waals surface area contributed by atoms with E-state index in [0.29, 0.717) is 13.0 Å². The Bertz CT molecular complexity index is 465. The minimum atomic E-state index is -0.445. The highest BCUT2D eigenvalue weighted by Crippen LogP contribution is 2.22. The summed E-state index contributed by atoms with van der Waals surface area (Å²) in [7, 11) is 0.